The number of benzene rings is 1. The summed E-state index contributed by atoms with van der Waals surface area (Å²) in [5, 5.41) is 10.6. The summed E-state index contributed by atoms with van der Waals surface area (Å²) >= 11 is 0. The van der Waals surface area contributed by atoms with Crippen molar-refractivity contribution in [2.75, 3.05) is 6.61 Å². The largest absolute Gasteiger partial charge is 0.416 e. The molecule has 2 nitrogen and oxygen atoms in total. The topological polar surface area (TPSA) is 29.5 Å². The Morgan fingerprint density at radius 3 is 2.25 bits per heavy atom. The SMILES string of the molecule is C=C[C@@H](CO[Si](C)(C)C(C)(C)C)[C@@H](O)c1ccccc1. The van der Waals surface area contributed by atoms with E-state index in [2.05, 4.69) is 40.4 Å². The molecule has 1 aromatic rings. The fourth-order valence-electron chi connectivity index (χ4n) is 1.71. The van der Waals surface area contributed by atoms with Crippen LogP contribution in [0.15, 0.2) is 43.0 Å². The summed E-state index contributed by atoms with van der Waals surface area (Å²) in [6.45, 7) is 15.5. The van der Waals surface area contributed by atoms with Gasteiger partial charge in [-0.05, 0) is 23.7 Å². The molecule has 0 fully saturated rings. The van der Waals surface area contributed by atoms with Crippen molar-refractivity contribution in [3.8, 4) is 0 Å². The van der Waals surface area contributed by atoms with Crippen LogP contribution in [0.4, 0.5) is 0 Å². The molecule has 0 amide bonds. The van der Waals surface area contributed by atoms with Gasteiger partial charge in [-0.2, -0.15) is 0 Å². The van der Waals surface area contributed by atoms with E-state index in [9.17, 15) is 5.11 Å². The van der Waals surface area contributed by atoms with Gasteiger partial charge in [-0.1, -0.05) is 57.2 Å². The van der Waals surface area contributed by atoms with Crippen molar-refractivity contribution >= 4 is 8.32 Å². The van der Waals surface area contributed by atoms with E-state index >= 15 is 0 Å². The Hall–Kier alpha value is -0.903. The molecule has 0 spiro atoms. The average Bonchev–Trinajstić information content (AvgIpc) is 2.38. The van der Waals surface area contributed by atoms with Crippen LogP contribution in [0.2, 0.25) is 18.1 Å². The smallest absolute Gasteiger partial charge is 0.192 e. The molecule has 20 heavy (non-hydrogen) atoms. The van der Waals surface area contributed by atoms with Crippen molar-refractivity contribution in [1.82, 2.24) is 0 Å². The lowest BCUT2D eigenvalue weighted by atomic mass is 9.97. The minimum absolute atomic E-state index is 0.0773. The number of aliphatic hydroxyl groups excluding tert-OH is 1. The quantitative estimate of drug-likeness (QED) is 0.616. The average molecular weight is 292 g/mol. The third-order valence-corrected chi connectivity index (χ3v) is 8.79. The second-order valence-electron chi connectivity index (χ2n) is 6.83. The molecule has 0 saturated heterocycles. The zero-order valence-corrected chi connectivity index (χ0v) is 14.4. The molecule has 0 aliphatic heterocycles. The highest BCUT2D eigenvalue weighted by molar-refractivity contribution is 6.74. The first-order valence-corrected chi connectivity index (χ1v) is 10.1. The van der Waals surface area contributed by atoms with Gasteiger partial charge in [0.15, 0.2) is 8.32 Å². The zero-order valence-electron chi connectivity index (χ0n) is 13.4. The lowest BCUT2D eigenvalue weighted by Gasteiger charge is -2.37. The highest BCUT2D eigenvalue weighted by atomic mass is 28.4. The molecular formula is C17H28O2Si. The van der Waals surface area contributed by atoms with E-state index in [1.54, 1.807) is 6.08 Å². The van der Waals surface area contributed by atoms with E-state index in [1.807, 2.05) is 30.3 Å². The maximum atomic E-state index is 10.4. The minimum atomic E-state index is -1.79. The van der Waals surface area contributed by atoms with Crippen LogP contribution in [0, 0.1) is 5.92 Å². The van der Waals surface area contributed by atoms with Crippen molar-refractivity contribution < 1.29 is 9.53 Å². The van der Waals surface area contributed by atoms with Crippen LogP contribution >= 0.6 is 0 Å². The Balaban J connectivity index is 2.72. The second-order valence-corrected chi connectivity index (χ2v) is 11.6. The molecule has 0 bridgehead atoms. The van der Waals surface area contributed by atoms with E-state index in [-0.39, 0.29) is 11.0 Å². The standard InChI is InChI=1S/C17H28O2Si/c1-7-14(13-19-20(5,6)17(2,3)4)16(18)15-11-9-8-10-12-15/h7-12,14,16,18H,1,13H2,2-6H3/t14-,16+/m0/s1. The van der Waals surface area contributed by atoms with Gasteiger partial charge in [0.2, 0.25) is 0 Å². The number of aliphatic hydroxyl groups is 1. The summed E-state index contributed by atoms with van der Waals surface area (Å²) in [6.07, 6.45) is 1.24. The third-order valence-electron chi connectivity index (χ3n) is 4.29. The minimum Gasteiger partial charge on any atom is -0.416 e. The van der Waals surface area contributed by atoms with Crippen LogP contribution in [0.1, 0.15) is 32.4 Å². The fraction of sp³-hybridized carbons (Fsp3) is 0.529. The molecule has 0 unspecified atom stereocenters. The maximum absolute atomic E-state index is 10.4. The van der Waals surface area contributed by atoms with Gasteiger partial charge in [0, 0.05) is 12.5 Å². The van der Waals surface area contributed by atoms with E-state index in [4.69, 9.17) is 4.43 Å². The highest BCUT2D eigenvalue weighted by Gasteiger charge is 2.37. The van der Waals surface area contributed by atoms with Gasteiger partial charge in [-0.3, -0.25) is 0 Å². The monoisotopic (exact) mass is 292 g/mol. The molecule has 0 aliphatic carbocycles. The van der Waals surface area contributed by atoms with Crippen LogP contribution in [-0.4, -0.2) is 20.0 Å². The predicted octanol–water partition coefficient (Wildman–Crippen LogP) is 4.54. The van der Waals surface area contributed by atoms with Gasteiger partial charge in [0.05, 0.1) is 6.10 Å². The number of hydrogen-bond donors (Lipinski definition) is 1. The molecule has 1 aromatic carbocycles. The third kappa shape index (κ3) is 4.30. The van der Waals surface area contributed by atoms with Gasteiger partial charge in [-0.25, -0.2) is 0 Å². The molecule has 0 heterocycles. The lowest BCUT2D eigenvalue weighted by molar-refractivity contribution is 0.0949. The summed E-state index contributed by atoms with van der Waals surface area (Å²) in [5.74, 6) is -0.0773. The summed E-state index contributed by atoms with van der Waals surface area (Å²) in [5.41, 5.74) is 0.913. The fourth-order valence-corrected chi connectivity index (χ4v) is 2.75. The van der Waals surface area contributed by atoms with Crippen LogP contribution in [0.25, 0.3) is 0 Å². The van der Waals surface area contributed by atoms with Crippen molar-refractivity contribution in [2.45, 2.75) is 45.0 Å². The van der Waals surface area contributed by atoms with Crippen molar-refractivity contribution in [1.29, 1.82) is 0 Å². The van der Waals surface area contributed by atoms with Crippen LogP contribution in [0.3, 0.4) is 0 Å². The molecule has 0 radical (unpaired) electrons. The first-order chi connectivity index (χ1) is 9.19. The van der Waals surface area contributed by atoms with E-state index in [0.29, 0.717) is 6.61 Å². The molecule has 1 N–H and O–H groups in total. The Bertz CT molecular complexity index is 420. The zero-order chi connectivity index (χ0) is 15.4. The van der Waals surface area contributed by atoms with Gasteiger partial charge < -0.3 is 9.53 Å². The van der Waals surface area contributed by atoms with Gasteiger partial charge in [0.1, 0.15) is 0 Å². The summed E-state index contributed by atoms with van der Waals surface area (Å²) < 4.78 is 6.20. The molecule has 112 valence electrons. The second kappa shape index (κ2) is 6.70. The Morgan fingerprint density at radius 1 is 1.25 bits per heavy atom. The maximum Gasteiger partial charge on any atom is 0.192 e. The van der Waals surface area contributed by atoms with Crippen molar-refractivity contribution in [3.63, 3.8) is 0 Å². The molecule has 2 atom stereocenters. The first kappa shape index (κ1) is 17.1. The first-order valence-electron chi connectivity index (χ1n) is 7.18. The number of rotatable bonds is 6. The normalized spacial score (nSPS) is 15.7. The molecule has 0 aromatic heterocycles. The lowest BCUT2D eigenvalue weighted by Crippen LogP contribution is -2.42. The number of hydrogen-bond acceptors (Lipinski definition) is 2. The van der Waals surface area contributed by atoms with E-state index in [0.717, 1.165) is 5.56 Å². The van der Waals surface area contributed by atoms with Gasteiger partial charge in [0.25, 0.3) is 0 Å². The van der Waals surface area contributed by atoms with E-state index in [1.165, 1.54) is 0 Å². The highest BCUT2D eigenvalue weighted by Crippen LogP contribution is 2.37. The molecule has 0 aliphatic rings. The summed E-state index contributed by atoms with van der Waals surface area (Å²) in [4.78, 5) is 0. The van der Waals surface area contributed by atoms with Gasteiger partial charge >= 0.3 is 0 Å². The van der Waals surface area contributed by atoms with Gasteiger partial charge in [-0.15, -0.1) is 6.58 Å². The van der Waals surface area contributed by atoms with Crippen molar-refractivity contribution in [2.24, 2.45) is 5.92 Å². The predicted molar refractivity (Wildman–Crippen MR) is 88.2 cm³/mol. The molecule has 1 rings (SSSR count). The molecule has 0 saturated carbocycles. The van der Waals surface area contributed by atoms with Crippen LogP contribution in [0.5, 0.6) is 0 Å². The Labute approximate surface area is 124 Å². The summed E-state index contributed by atoms with van der Waals surface area (Å²) in [6, 6.07) is 9.70. The van der Waals surface area contributed by atoms with E-state index < -0.39 is 14.4 Å². The van der Waals surface area contributed by atoms with Crippen LogP contribution in [-0.2, 0) is 4.43 Å². The van der Waals surface area contributed by atoms with Crippen LogP contribution < -0.4 is 0 Å². The Kier molecular flexibility index (Phi) is 5.75. The molecular weight excluding hydrogens is 264 g/mol. The summed E-state index contributed by atoms with van der Waals surface area (Å²) in [7, 11) is -1.79. The van der Waals surface area contributed by atoms with Crippen molar-refractivity contribution in [3.05, 3.63) is 48.6 Å². The Morgan fingerprint density at radius 2 is 1.80 bits per heavy atom. The molecule has 3 heteroatoms.